The maximum absolute atomic E-state index is 13.1. The van der Waals surface area contributed by atoms with Gasteiger partial charge in [0.1, 0.15) is 12.1 Å². The fraction of sp³-hybridized carbons (Fsp3) is 0.692. The second-order valence-electron chi connectivity index (χ2n) is 10.9. The molecule has 3 unspecified atom stereocenters. The van der Waals surface area contributed by atoms with E-state index >= 15 is 0 Å². The summed E-state index contributed by atoms with van der Waals surface area (Å²) in [5.74, 6) is 2.50. The molecule has 0 radical (unpaired) electrons. The maximum Gasteiger partial charge on any atom is 0.150 e. The predicted octanol–water partition coefficient (Wildman–Crippen LogP) is 5.17. The first kappa shape index (κ1) is 19.5. The number of hydrogen-bond donors (Lipinski definition) is 1. The average Bonchev–Trinajstić information content (AvgIpc) is 3.03. The number of carbonyl (C=O) groups is 2. The number of fused-ring (bicyclic) bond motifs is 5. The first-order valence-corrected chi connectivity index (χ1v) is 11.6. The van der Waals surface area contributed by atoms with Crippen molar-refractivity contribution in [3.8, 4) is 0 Å². The maximum atomic E-state index is 13.1. The van der Waals surface area contributed by atoms with Crippen molar-refractivity contribution in [3.05, 3.63) is 35.4 Å². The van der Waals surface area contributed by atoms with Gasteiger partial charge in [0.05, 0.1) is 6.10 Å². The molecule has 4 aliphatic carbocycles. The molecule has 1 aromatic carbocycles. The van der Waals surface area contributed by atoms with Crippen LogP contribution in [-0.2, 0) is 4.79 Å². The largest absolute Gasteiger partial charge is 0.393 e. The van der Waals surface area contributed by atoms with Gasteiger partial charge in [-0.3, -0.25) is 9.59 Å². The number of carbonyl (C=O) groups excluding carboxylic acids is 2. The van der Waals surface area contributed by atoms with Crippen LogP contribution in [0, 0.1) is 34.5 Å². The molecular weight excluding hydrogens is 360 g/mol. The van der Waals surface area contributed by atoms with Crippen LogP contribution in [0.4, 0.5) is 0 Å². The highest BCUT2D eigenvalue weighted by Gasteiger charge is 2.61. The normalized spacial score (nSPS) is 46.5. The minimum absolute atomic E-state index is 0.0956. The Labute approximate surface area is 174 Å². The van der Waals surface area contributed by atoms with Crippen molar-refractivity contribution in [3.63, 3.8) is 0 Å². The summed E-state index contributed by atoms with van der Waals surface area (Å²) in [6, 6.07) is 7.73. The zero-order valence-corrected chi connectivity index (χ0v) is 17.8. The molecule has 156 valence electrons. The van der Waals surface area contributed by atoms with E-state index in [1.165, 1.54) is 12.8 Å². The number of aliphatic hydroxyl groups excluding tert-OH is 1. The van der Waals surface area contributed by atoms with Crippen molar-refractivity contribution in [1.82, 2.24) is 0 Å². The molecule has 4 fully saturated rings. The van der Waals surface area contributed by atoms with Crippen LogP contribution in [0.25, 0.3) is 0 Å². The van der Waals surface area contributed by atoms with Gasteiger partial charge in [-0.05, 0) is 85.0 Å². The zero-order chi connectivity index (χ0) is 20.4. The lowest BCUT2D eigenvalue weighted by atomic mass is 9.43. The number of hydrogen-bond acceptors (Lipinski definition) is 3. The van der Waals surface area contributed by atoms with Crippen molar-refractivity contribution in [1.29, 1.82) is 0 Å². The summed E-state index contributed by atoms with van der Waals surface area (Å²) in [5.41, 5.74) is 1.90. The number of rotatable bonds is 2. The third kappa shape index (κ3) is 2.65. The van der Waals surface area contributed by atoms with Crippen LogP contribution >= 0.6 is 0 Å². The Balaban J connectivity index is 1.51. The van der Waals surface area contributed by atoms with E-state index in [0.29, 0.717) is 41.4 Å². The Bertz CT molecular complexity index is 831. The number of Topliss-reactive ketones (excluding diaryl/α,β-unsaturated/α-hetero) is 1. The van der Waals surface area contributed by atoms with Gasteiger partial charge >= 0.3 is 0 Å². The molecule has 3 heteroatoms. The third-order valence-corrected chi connectivity index (χ3v) is 10.0. The van der Waals surface area contributed by atoms with E-state index in [1.807, 2.05) is 24.3 Å². The molecule has 0 aromatic heterocycles. The van der Waals surface area contributed by atoms with Gasteiger partial charge in [0.15, 0.2) is 0 Å². The van der Waals surface area contributed by atoms with E-state index in [1.54, 1.807) is 0 Å². The summed E-state index contributed by atoms with van der Waals surface area (Å²) < 4.78 is 0. The second-order valence-corrected chi connectivity index (χ2v) is 10.9. The number of aldehydes is 1. The minimum Gasteiger partial charge on any atom is -0.393 e. The SMILES string of the molecule is C[C@]12CCC(=O)C(c3ccccc3C=O)C1CC[C@@H]1[C@H]2CC[C@]2(C)C(O)CC[C@@H]12. The molecule has 1 aromatic rings. The number of aliphatic hydroxyl groups is 1. The molecule has 4 aliphatic rings. The summed E-state index contributed by atoms with van der Waals surface area (Å²) in [6.07, 6.45) is 9.07. The Hall–Kier alpha value is -1.48. The van der Waals surface area contributed by atoms with Crippen molar-refractivity contribution < 1.29 is 14.7 Å². The summed E-state index contributed by atoms with van der Waals surface area (Å²) >= 11 is 0. The quantitative estimate of drug-likeness (QED) is 0.705. The second kappa shape index (κ2) is 6.77. The molecule has 8 atom stereocenters. The summed E-state index contributed by atoms with van der Waals surface area (Å²) in [6.45, 7) is 4.78. The van der Waals surface area contributed by atoms with Gasteiger partial charge in [-0.15, -0.1) is 0 Å². The van der Waals surface area contributed by atoms with Crippen LogP contribution in [0.15, 0.2) is 24.3 Å². The molecule has 1 N–H and O–H groups in total. The molecule has 4 saturated carbocycles. The third-order valence-electron chi connectivity index (χ3n) is 10.0. The Morgan fingerprint density at radius 1 is 0.931 bits per heavy atom. The first-order chi connectivity index (χ1) is 13.9. The number of ketones is 1. The molecule has 0 spiro atoms. The van der Waals surface area contributed by atoms with Crippen molar-refractivity contribution in [2.75, 3.05) is 0 Å². The molecule has 0 saturated heterocycles. The topological polar surface area (TPSA) is 54.4 Å². The average molecular weight is 395 g/mol. The smallest absolute Gasteiger partial charge is 0.150 e. The Morgan fingerprint density at radius 3 is 2.45 bits per heavy atom. The fourth-order valence-corrected chi connectivity index (χ4v) is 8.44. The van der Waals surface area contributed by atoms with Crippen molar-refractivity contribution in [2.24, 2.45) is 34.5 Å². The van der Waals surface area contributed by atoms with Gasteiger partial charge in [-0.1, -0.05) is 38.1 Å². The molecule has 5 rings (SSSR count). The highest BCUT2D eigenvalue weighted by molar-refractivity contribution is 5.90. The summed E-state index contributed by atoms with van der Waals surface area (Å²) in [7, 11) is 0. The molecule has 0 heterocycles. The number of benzene rings is 1. The van der Waals surface area contributed by atoms with Crippen LogP contribution in [0.5, 0.6) is 0 Å². The van der Waals surface area contributed by atoms with E-state index in [-0.39, 0.29) is 22.9 Å². The van der Waals surface area contributed by atoms with Crippen LogP contribution in [0.1, 0.15) is 87.1 Å². The monoisotopic (exact) mass is 394 g/mol. The van der Waals surface area contributed by atoms with E-state index in [4.69, 9.17) is 0 Å². The molecular formula is C26H34O3. The molecule has 0 bridgehead atoms. The van der Waals surface area contributed by atoms with Crippen LogP contribution in [0.2, 0.25) is 0 Å². The van der Waals surface area contributed by atoms with E-state index in [0.717, 1.165) is 44.0 Å². The van der Waals surface area contributed by atoms with E-state index in [9.17, 15) is 14.7 Å². The van der Waals surface area contributed by atoms with Crippen molar-refractivity contribution >= 4 is 12.1 Å². The fourth-order valence-electron chi connectivity index (χ4n) is 8.44. The van der Waals surface area contributed by atoms with Gasteiger partial charge in [0.25, 0.3) is 0 Å². The highest BCUT2D eigenvalue weighted by Crippen LogP contribution is 2.67. The van der Waals surface area contributed by atoms with Gasteiger partial charge in [0, 0.05) is 17.9 Å². The Kier molecular flexibility index (Phi) is 4.55. The predicted molar refractivity (Wildman–Crippen MR) is 113 cm³/mol. The summed E-state index contributed by atoms with van der Waals surface area (Å²) in [5, 5.41) is 10.7. The van der Waals surface area contributed by atoms with Crippen LogP contribution < -0.4 is 0 Å². The van der Waals surface area contributed by atoms with E-state index < -0.39 is 0 Å². The van der Waals surface area contributed by atoms with E-state index in [2.05, 4.69) is 13.8 Å². The molecule has 0 aliphatic heterocycles. The van der Waals surface area contributed by atoms with Crippen LogP contribution in [-0.4, -0.2) is 23.3 Å². The summed E-state index contributed by atoms with van der Waals surface area (Å²) in [4.78, 5) is 24.8. The van der Waals surface area contributed by atoms with Crippen LogP contribution in [0.3, 0.4) is 0 Å². The van der Waals surface area contributed by atoms with Gasteiger partial charge in [-0.2, -0.15) is 0 Å². The molecule has 29 heavy (non-hydrogen) atoms. The lowest BCUT2D eigenvalue weighted by Crippen LogP contribution is -2.55. The standard InChI is InChI=1S/C26H34O3/c1-25-14-12-22(28)24(17-6-4-3-5-16(17)15-27)21(25)8-7-18-19-9-10-23(29)26(19,2)13-11-20(18)25/h3-6,15,18-21,23-24,29H,7-14H2,1-2H3/t18-,19-,20+,21?,23?,24?,25+,26-/m0/s1. The van der Waals surface area contributed by atoms with Gasteiger partial charge in [-0.25, -0.2) is 0 Å². The lowest BCUT2D eigenvalue weighted by Gasteiger charge is -2.61. The first-order valence-electron chi connectivity index (χ1n) is 11.6. The molecule has 3 nitrogen and oxygen atoms in total. The van der Waals surface area contributed by atoms with Gasteiger partial charge < -0.3 is 5.11 Å². The minimum atomic E-state index is -0.140. The highest BCUT2D eigenvalue weighted by atomic mass is 16.3. The van der Waals surface area contributed by atoms with Gasteiger partial charge in [0.2, 0.25) is 0 Å². The zero-order valence-electron chi connectivity index (χ0n) is 17.8. The lowest BCUT2D eigenvalue weighted by molar-refractivity contribution is -0.146. The van der Waals surface area contributed by atoms with Crippen molar-refractivity contribution in [2.45, 2.75) is 77.2 Å². The Morgan fingerprint density at radius 2 is 1.66 bits per heavy atom. The molecule has 0 amide bonds.